The molecule has 1 aromatic carbocycles. The highest BCUT2D eigenvalue weighted by molar-refractivity contribution is 5.82. The van der Waals surface area contributed by atoms with E-state index in [2.05, 4.69) is 16.0 Å². The van der Waals surface area contributed by atoms with E-state index >= 15 is 0 Å². The van der Waals surface area contributed by atoms with Crippen LogP contribution in [0.15, 0.2) is 54.7 Å². The van der Waals surface area contributed by atoms with Crippen molar-refractivity contribution in [3.8, 4) is 0 Å². The number of piperidine rings is 2. The predicted molar refractivity (Wildman–Crippen MR) is 130 cm³/mol. The smallest absolute Gasteiger partial charge is 0.227 e. The second kappa shape index (κ2) is 11.4. The molecule has 6 nitrogen and oxygen atoms in total. The minimum Gasteiger partial charge on any atom is -0.342 e. The minimum absolute atomic E-state index is 0.0781. The molecule has 0 spiro atoms. The van der Waals surface area contributed by atoms with Crippen molar-refractivity contribution in [3.05, 3.63) is 66.0 Å². The molecule has 2 fully saturated rings. The minimum atomic E-state index is -0.0781. The van der Waals surface area contributed by atoms with E-state index in [-0.39, 0.29) is 17.7 Å². The summed E-state index contributed by atoms with van der Waals surface area (Å²) in [4.78, 5) is 36.9. The molecule has 2 aliphatic heterocycles. The molecule has 0 N–H and O–H groups in total. The van der Waals surface area contributed by atoms with Gasteiger partial charge in [-0.05, 0) is 43.4 Å². The highest BCUT2D eigenvalue weighted by atomic mass is 16.2. The first-order chi connectivity index (χ1) is 16.1. The molecule has 1 atom stereocenters. The van der Waals surface area contributed by atoms with Gasteiger partial charge in [0.2, 0.25) is 11.8 Å². The Bertz CT molecular complexity index is 897. The average Bonchev–Trinajstić information content (AvgIpc) is 2.88. The summed E-state index contributed by atoms with van der Waals surface area (Å²) in [6, 6.07) is 16.2. The Morgan fingerprint density at radius 2 is 1.76 bits per heavy atom. The van der Waals surface area contributed by atoms with Crippen molar-refractivity contribution in [1.82, 2.24) is 19.7 Å². The number of carbonyl (C=O) groups is 2. The van der Waals surface area contributed by atoms with E-state index in [0.717, 1.165) is 69.5 Å². The van der Waals surface area contributed by atoms with E-state index in [9.17, 15) is 9.59 Å². The van der Waals surface area contributed by atoms with Gasteiger partial charge in [-0.25, -0.2) is 0 Å². The van der Waals surface area contributed by atoms with Crippen LogP contribution in [-0.2, 0) is 22.4 Å². The molecule has 2 saturated heterocycles. The second-order valence-corrected chi connectivity index (χ2v) is 9.43. The number of benzene rings is 1. The lowest BCUT2D eigenvalue weighted by atomic mass is 9.94. The molecule has 2 aromatic rings. The number of carbonyl (C=O) groups excluding carboxylic acids is 2. The first-order valence-electron chi connectivity index (χ1n) is 12.3. The van der Waals surface area contributed by atoms with Gasteiger partial charge in [0.05, 0.1) is 12.3 Å². The van der Waals surface area contributed by atoms with Gasteiger partial charge in [-0.3, -0.25) is 14.6 Å². The van der Waals surface area contributed by atoms with Crippen molar-refractivity contribution in [3.63, 3.8) is 0 Å². The number of amides is 2. The third kappa shape index (κ3) is 6.41. The van der Waals surface area contributed by atoms with Crippen molar-refractivity contribution in [1.29, 1.82) is 0 Å². The molecule has 6 heteroatoms. The van der Waals surface area contributed by atoms with Crippen LogP contribution in [0.4, 0.5) is 0 Å². The summed E-state index contributed by atoms with van der Waals surface area (Å²) in [5.41, 5.74) is 2.17. The molecule has 0 saturated carbocycles. The lowest BCUT2D eigenvalue weighted by molar-refractivity contribution is -0.141. The van der Waals surface area contributed by atoms with Crippen LogP contribution in [0, 0.1) is 5.92 Å². The van der Waals surface area contributed by atoms with E-state index in [1.807, 2.05) is 65.5 Å². The summed E-state index contributed by atoms with van der Waals surface area (Å²) in [5, 5.41) is 0. The third-order valence-corrected chi connectivity index (χ3v) is 7.18. The maximum absolute atomic E-state index is 13.3. The van der Waals surface area contributed by atoms with Crippen molar-refractivity contribution >= 4 is 11.8 Å². The lowest BCUT2D eigenvalue weighted by Gasteiger charge is -2.40. The monoisotopic (exact) mass is 448 g/mol. The second-order valence-electron chi connectivity index (χ2n) is 9.43. The average molecular weight is 449 g/mol. The number of hydrogen-bond acceptors (Lipinski definition) is 4. The number of nitrogens with zero attached hydrogens (tertiary/aromatic N) is 4. The van der Waals surface area contributed by atoms with Gasteiger partial charge in [0.1, 0.15) is 0 Å². The number of rotatable bonds is 7. The molecule has 0 radical (unpaired) electrons. The Kier molecular flexibility index (Phi) is 8.10. The lowest BCUT2D eigenvalue weighted by Crippen LogP contribution is -2.51. The Labute approximate surface area is 197 Å². The highest BCUT2D eigenvalue weighted by Crippen LogP contribution is 2.23. The molecular weight excluding hydrogens is 412 g/mol. The zero-order valence-electron chi connectivity index (χ0n) is 19.7. The van der Waals surface area contributed by atoms with Crippen LogP contribution < -0.4 is 0 Å². The summed E-state index contributed by atoms with van der Waals surface area (Å²) in [5.74, 6) is 0.257. The van der Waals surface area contributed by atoms with E-state index in [1.54, 1.807) is 0 Å². The number of aromatic nitrogens is 1. The Morgan fingerprint density at radius 1 is 1.00 bits per heavy atom. The quantitative estimate of drug-likeness (QED) is 0.653. The van der Waals surface area contributed by atoms with E-state index in [0.29, 0.717) is 19.0 Å². The van der Waals surface area contributed by atoms with E-state index < -0.39 is 0 Å². The summed E-state index contributed by atoms with van der Waals surface area (Å²) in [6.45, 7) is 4.36. The molecule has 2 amide bonds. The first-order valence-corrected chi connectivity index (χ1v) is 12.3. The zero-order chi connectivity index (χ0) is 23.0. The summed E-state index contributed by atoms with van der Waals surface area (Å²) >= 11 is 0. The maximum atomic E-state index is 13.3. The van der Waals surface area contributed by atoms with Crippen LogP contribution in [0.5, 0.6) is 0 Å². The predicted octanol–water partition coefficient (Wildman–Crippen LogP) is 3.03. The van der Waals surface area contributed by atoms with E-state index in [4.69, 9.17) is 0 Å². The van der Waals surface area contributed by atoms with Crippen LogP contribution in [0.1, 0.15) is 36.9 Å². The Morgan fingerprint density at radius 3 is 2.48 bits per heavy atom. The van der Waals surface area contributed by atoms with Gasteiger partial charge in [0.25, 0.3) is 0 Å². The summed E-state index contributed by atoms with van der Waals surface area (Å²) in [6.07, 6.45) is 7.02. The van der Waals surface area contributed by atoms with Crippen LogP contribution in [0.25, 0.3) is 0 Å². The summed E-state index contributed by atoms with van der Waals surface area (Å²) in [7, 11) is 1.96. The highest BCUT2D eigenvalue weighted by Gasteiger charge is 2.33. The first kappa shape index (κ1) is 23.4. The molecule has 1 aromatic heterocycles. The van der Waals surface area contributed by atoms with Crippen LogP contribution >= 0.6 is 0 Å². The SMILES string of the molecule is CN(C(=O)C1CCCN(C(=O)Cc2ccccc2)C1)C1CCN(CCc2ccccn2)CC1. The largest absolute Gasteiger partial charge is 0.342 e. The Hall–Kier alpha value is -2.73. The van der Waals surface area contributed by atoms with Gasteiger partial charge in [-0.2, -0.15) is 0 Å². The van der Waals surface area contributed by atoms with Gasteiger partial charge in [0.15, 0.2) is 0 Å². The fraction of sp³-hybridized carbons (Fsp3) is 0.519. The molecule has 3 heterocycles. The molecule has 1 unspecified atom stereocenters. The van der Waals surface area contributed by atoms with Crippen molar-refractivity contribution < 1.29 is 9.59 Å². The molecule has 0 aliphatic carbocycles. The van der Waals surface area contributed by atoms with Crippen molar-refractivity contribution in [2.24, 2.45) is 5.92 Å². The normalized spacial score (nSPS) is 19.9. The third-order valence-electron chi connectivity index (χ3n) is 7.18. The Balaban J connectivity index is 1.23. The van der Waals surface area contributed by atoms with Crippen LogP contribution in [-0.4, -0.2) is 77.3 Å². The zero-order valence-corrected chi connectivity index (χ0v) is 19.7. The molecular formula is C27H36N4O2. The maximum Gasteiger partial charge on any atom is 0.227 e. The van der Waals surface area contributed by atoms with Crippen molar-refractivity contribution in [2.75, 3.05) is 39.8 Å². The summed E-state index contributed by atoms with van der Waals surface area (Å²) < 4.78 is 0. The molecule has 2 aliphatic rings. The number of hydrogen-bond donors (Lipinski definition) is 0. The van der Waals surface area contributed by atoms with Gasteiger partial charge < -0.3 is 14.7 Å². The fourth-order valence-electron chi connectivity index (χ4n) is 5.10. The van der Waals surface area contributed by atoms with Gasteiger partial charge in [0, 0.05) is 64.1 Å². The molecule has 33 heavy (non-hydrogen) atoms. The van der Waals surface area contributed by atoms with Gasteiger partial charge >= 0.3 is 0 Å². The standard InChI is InChI=1S/C27H36N4O2/c1-29(25-13-18-30(19-14-25)17-12-24-11-5-6-15-28-24)27(33)23-10-7-16-31(21-23)26(32)20-22-8-3-2-4-9-22/h2-6,8-9,11,15,23,25H,7,10,12-14,16-21H2,1H3. The molecule has 176 valence electrons. The van der Waals surface area contributed by atoms with Gasteiger partial charge in [-0.15, -0.1) is 0 Å². The topological polar surface area (TPSA) is 56.8 Å². The number of pyridine rings is 1. The number of likely N-dealkylation sites (tertiary alicyclic amines) is 2. The van der Waals surface area contributed by atoms with Crippen molar-refractivity contribution in [2.45, 2.75) is 44.6 Å². The van der Waals surface area contributed by atoms with Gasteiger partial charge in [-0.1, -0.05) is 36.4 Å². The molecule has 4 rings (SSSR count). The van der Waals surface area contributed by atoms with Crippen LogP contribution in [0.2, 0.25) is 0 Å². The molecule has 0 bridgehead atoms. The van der Waals surface area contributed by atoms with E-state index in [1.165, 1.54) is 0 Å². The van der Waals surface area contributed by atoms with Crippen LogP contribution in [0.3, 0.4) is 0 Å². The fourth-order valence-corrected chi connectivity index (χ4v) is 5.10.